The molecule has 0 heterocycles. The third-order valence-corrected chi connectivity index (χ3v) is 5.95. The van der Waals surface area contributed by atoms with Gasteiger partial charge in [0.2, 0.25) is 47.3 Å². The number of hydrogen-bond donors (Lipinski definition) is 3. The highest BCUT2D eigenvalue weighted by atomic mass is 16.2. The molecule has 0 spiro atoms. The molecule has 0 aromatic heterocycles. The van der Waals surface area contributed by atoms with Gasteiger partial charge in [0.1, 0.15) is 6.29 Å². The predicted octanol–water partition coefficient (Wildman–Crippen LogP) is -4.20. The van der Waals surface area contributed by atoms with E-state index in [1.807, 2.05) is 0 Å². The van der Waals surface area contributed by atoms with E-state index in [1.54, 1.807) is 7.05 Å². The van der Waals surface area contributed by atoms with E-state index in [-0.39, 0.29) is 45.2 Å². The van der Waals surface area contributed by atoms with Crippen LogP contribution >= 0.6 is 0 Å². The molecular weight excluding hydrogens is 606 g/mol. The fraction of sp³-hybridized carbons (Fsp3) is 0.679. The Hall–Kier alpha value is -4.61. The van der Waals surface area contributed by atoms with Crippen molar-refractivity contribution in [2.75, 3.05) is 108 Å². The second-order valence-corrected chi connectivity index (χ2v) is 10.5. The zero-order valence-electron chi connectivity index (χ0n) is 28.5. The van der Waals surface area contributed by atoms with Crippen LogP contribution in [-0.4, -0.2) is 191 Å². The van der Waals surface area contributed by atoms with Crippen molar-refractivity contribution in [3.8, 4) is 0 Å². The quantitative estimate of drug-likeness (QED) is 0.121. The van der Waals surface area contributed by atoms with Crippen molar-refractivity contribution in [1.82, 2.24) is 45.3 Å². The number of likely N-dealkylation sites (N-methyl/N-ethyl adjacent to an activating group) is 7. The molecule has 18 nitrogen and oxygen atoms in total. The standard InChI is InChI=1S/C25H43N9O9.C3H8/c1-26-10-20(38)31(4)14-24(42)33(6)17-23(41)30(3)13-19(37)28-11-21(39)32(5)15-25(43)34(7)16-22(40)29(2)12-18(36)27-8-9-35;1-3-2/h9,26H,8,10-17H2,1-7H3,(H,27,36)(H,28,37);3H2,1-2H3. The Bertz CT molecular complexity index is 1070. The van der Waals surface area contributed by atoms with E-state index in [9.17, 15) is 43.2 Å². The predicted molar refractivity (Wildman–Crippen MR) is 168 cm³/mol. The van der Waals surface area contributed by atoms with Crippen LogP contribution in [0.1, 0.15) is 20.3 Å². The Labute approximate surface area is 270 Å². The zero-order chi connectivity index (χ0) is 36.0. The minimum absolute atomic E-state index is 0.0582. The van der Waals surface area contributed by atoms with E-state index >= 15 is 0 Å². The second-order valence-electron chi connectivity index (χ2n) is 10.5. The maximum atomic E-state index is 12.5. The molecule has 262 valence electrons. The van der Waals surface area contributed by atoms with Crippen molar-refractivity contribution in [2.24, 2.45) is 0 Å². The van der Waals surface area contributed by atoms with Crippen LogP contribution in [0.15, 0.2) is 0 Å². The van der Waals surface area contributed by atoms with Crippen molar-refractivity contribution < 1.29 is 43.2 Å². The molecule has 0 bridgehead atoms. The van der Waals surface area contributed by atoms with Crippen LogP contribution in [-0.2, 0) is 43.2 Å². The molecule has 0 aromatic carbocycles. The molecule has 46 heavy (non-hydrogen) atoms. The Kier molecular flexibility index (Phi) is 22.4. The third-order valence-electron chi connectivity index (χ3n) is 5.95. The molecule has 0 aliphatic carbocycles. The monoisotopic (exact) mass is 657 g/mol. The van der Waals surface area contributed by atoms with Gasteiger partial charge in [-0.25, -0.2) is 0 Å². The first-order valence-corrected chi connectivity index (χ1v) is 14.5. The van der Waals surface area contributed by atoms with Crippen molar-refractivity contribution in [3.05, 3.63) is 0 Å². The van der Waals surface area contributed by atoms with Crippen LogP contribution < -0.4 is 16.0 Å². The van der Waals surface area contributed by atoms with Crippen LogP contribution in [0, 0.1) is 0 Å². The third kappa shape index (κ3) is 18.9. The average molecular weight is 658 g/mol. The molecule has 0 aliphatic heterocycles. The smallest absolute Gasteiger partial charge is 0.242 e. The van der Waals surface area contributed by atoms with E-state index in [4.69, 9.17) is 0 Å². The van der Waals surface area contributed by atoms with E-state index in [0.29, 0.717) is 6.29 Å². The molecule has 0 unspecified atom stereocenters. The Morgan fingerprint density at radius 2 is 0.761 bits per heavy atom. The number of carbonyl (C=O) groups excluding carboxylic acids is 9. The summed E-state index contributed by atoms with van der Waals surface area (Å²) in [6.45, 7) is 1.65. The van der Waals surface area contributed by atoms with Crippen LogP contribution in [0.5, 0.6) is 0 Å². The normalized spacial score (nSPS) is 9.85. The van der Waals surface area contributed by atoms with Gasteiger partial charge in [0.15, 0.2) is 0 Å². The van der Waals surface area contributed by atoms with Crippen LogP contribution in [0.2, 0.25) is 0 Å². The largest absolute Gasteiger partial charge is 0.348 e. The van der Waals surface area contributed by atoms with Crippen LogP contribution in [0.25, 0.3) is 0 Å². The first-order chi connectivity index (χ1) is 21.4. The molecule has 0 aliphatic rings. The minimum Gasteiger partial charge on any atom is -0.348 e. The molecule has 8 amide bonds. The van der Waals surface area contributed by atoms with Crippen molar-refractivity contribution >= 4 is 53.5 Å². The van der Waals surface area contributed by atoms with Crippen molar-refractivity contribution in [3.63, 3.8) is 0 Å². The van der Waals surface area contributed by atoms with Gasteiger partial charge < -0.3 is 50.1 Å². The van der Waals surface area contributed by atoms with Gasteiger partial charge in [0.05, 0.1) is 58.9 Å². The molecule has 3 N–H and O–H groups in total. The van der Waals surface area contributed by atoms with Crippen molar-refractivity contribution in [1.29, 1.82) is 0 Å². The Morgan fingerprint density at radius 3 is 1.09 bits per heavy atom. The fourth-order valence-electron chi connectivity index (χ4n) is 3.12. The maximum Gasteiger partial charge on any atom is 0.242 e. The molecule has 0 radical (unpaired) electrons. The highest BCUT2D eigenvalue weighted by molar-refractivity contribution is 5.93. The first kappa shape index (κ1) is 43.5. The van der Waals surface area contributed by atoms with Gasteiger partial charge in [0, 0.05) is 42.3 Å². The number of aldehydes is 1. The van der Waals surface area contributed by atoms with E-state index < -0.39 is 61.0 Å². The molecule has 18 heteroatoms. The molecule has 0 aromatic rings. The summed E-state index contributed by atoms with van der Waals surface area (Å²) < 4.78 is 0. The summed E-state index contributed by atoms with van der Waals surface area (Å²) in [6.07, 6.45) is 1.75. The molecule has 0 saturated carbocycles. The van der Waals surface area contributed by atoms with E-state index in [2.05, 4.69) is 29.8 Å². The highest BCUT2D eigenvalue weighted by Crippen LogP contribution is 1.96. The number of nitrogens with one attached hydrogen (secondary N) is 3. The number of amides is 8. The number of rotatable bonds is 18. The summed E-state index contributed by atoms with van der Waals surface area (Å²) in [5.41, 5.74) is 0. The minimum atomic E-state index is -0.654. The van der Waals surface area contributed by atoms with E-state index in [0.717, 1.165) is 24.5 Å². The van der Waals surface area contributed by atoms with Crippen molar-refractivity contribution in [2.45, 2.75) is 20.3 Å². The summed E-state index contributed by atoms with van der Waals surface area (Å²) in [4.78, 5) is 115. The van der Waals surface area contributed by atoms with Gasteiger partial charge in [-0.2, -0.15) is 0 Å². The molecule has 0 fully saturated rings. The second kappa shape index (κ2) is 23.7. The highest BCUT2D eigenvalue weighted by Gasteiger charge is 2.23. The number of nitrogens with zero attached hydrogens (tertiary/aromatic N) is 6. The lowest BCUT2D eigenvalue weighted by molar-refractivity contribution is -0.143. The van der Waals surface area contributed by atoms with Gasteiger partial charge >= 0.3 is 0 Å². The van der Waals surface area contributed by atoms with Gasteiger partial charge in [-0.1, -0.05) is 20.3 Å². The number of carbonyl (C=O) groups is 9. The lowest BCUT2D eigenvalue weighted by Gasteiger charge is -2.25. The lowest BCUT2D eigenvalue weighted by atomic mass is 10.3. The van der Waals surface area contributed by atoms with Gasteiger partial charge in [0.25, 0.3) is 0 Å². The number of hydrogen-bond acceptors (Lipinski definition) is 10. The Balaban J connectivity index is 0. The molecule has 0 saturated heterocycles. The summed E-state index contributed by atoms with van der Waals surface area (Å²) in [6, 6.07) is 0. The first-order valence-electron chi connectivity index (χ1n) is 14.5. The molecule has 0 atom stereocenters. The summed E-state index contributed by atoms with van der Waals surface area (Å²) in [5.74, 6) is -4.23. The van der Waals surface area contributed by atoms with E-state index in [1.165, 1.54) is 53.6 Å². The molecule has 0 rings (SSSR count). The van der Waals surface area contributed by atoms with Gasteiger partial charge in [-0.05, 0) is 7.05 Å². The summed E-state index contributed by atoms with van der Waals surface area (Å²) in [5, 5.41) is 7.33. The fourth-order valence-corrected chi connectivity index (χ4v) is 3.12. The van der Waals surface area contributed by atoms with Gasteiger partial charge in [-0.15, -0.1) is 0 Å². The maximum absolute atomic E-state index is 12.5. The lowest BCUT2D eigenvalue weighted by Crippen LogP contribution is -2.48. The SMILES string of the molecule is CCC.CNCC(=O)N(C)CC(=O)N(C)CC(=O)N(C)CC(=O)NCC(=O)N(C)CC(=O)N(C)CC(=O)N(C)CC(=O)NCC=O. The van der Waals surface area contributed by atoms with Crippen LogP contribution in [0.4, 0.5) is 0 Å². The topological polar surface area (TPSA) is 209 Å². The Morgan fingerprint density at radius 1 is 0.478 bits per heavy atom. The summed E-state index contributed by atoms with van der Waals surface area (Å²) >= 11 is 0. The average Bonchev–Trinajstić information content (AvgIpc) is 2.98. The summed E-state index contributed by atoms with van der Waals surface area (Å²) in [7, 11) is 9.83. The van der Waals surface area contributed by atoms with Gasteiger partial charge in [-0.3, -0.25) is 38.4 Å². The molecular formula is C28H51N9O9. The van der Waals surface area contributed by atoms with Crippen LogP contribution in [0.3, 0.4) is 0 Å². The zero-order valence-corrected chi connectivity index (χ0v) is 28.5.